The van der Waals surface area contributed by atoms with E-state index in [-0.39, 0.29) is 36.4 Å². The quantitative estimate of drug-likeness (QED) is 0.765. The van der Waals surface area contributed by atoms with Crippen molar-refractivity contribution in [2.24, 2.45) is 0 Å². The van der Waals surface area contributed by atoms with E-state index in [0.29, 0.717) is 12.2 Å². The summed E-state index contributed by atoms with van der Waals surface area (Å²) in [6.45, 7) is 0.281. The second-order valence-electron chi connectivity index (χ2n) is 8.27. The van der Waals surface area contributed by atoms with Gasteiger partial charge in [0, 0.05) is 22.6 Å². The topological polar surface area (TPSA) is 67.9 Å². The molecule has 2 amide bonds. The molecule has 162 valence electrons. The number of carbonyl (C=O) groups excluding carboxylic acids is 2. The zero-order valence-corrected chi connectivity index (χ0v) is 18.2. The van der Waals surface area contributed by atoms with Crippen molar-refractivity contribution in [3.63, 3.8) is 0 Å². The average molecular weight is 439 g/mol. The van der Waals surface area contributed by atoms with Crippen LogP contribution in [0.5, 0.6) is 11.5 Å². The van der Waals surface area contributed by atoms with Gasteiger partial charge < -0.3 is 19.7 Å². The first-order chi connectivity index (χ1) is 15.2. The van der Waals surface area contributed by atoms with Crippen LogP contribution in [0.1, 0.15) is 49.3 Å². The molecule has 2 aromatic rings. The summed E-state index contributed by atoms with van der Waals surface area (Å²) < 4.78 is 10.9. The SMILES string of the molecule is O=C(CN1C(=O)CC(c2ccc3c(c2)OCO3)Sc2ccccc21)NC1CCCCC1. The number of amides is 2. The zero-order valence-electron chi connectivity index (χ0n) is 17.3. The molecule has 1 N–H and O–H groups in total. The van der Waals surface area contributed by atoms with Crippen LogP contribution in [0.4, 0.5) is 5.69 Å². The monoisotopic (exact) mass is 438 g/mol. The molecule has 3 aliphatic rings. The van der Waals surface area contributed by atoms with E-state index >= 15 is 0 Å². The summed E-state index contributed by atoms with van der Waals surface area (Å²) in [6.07, 6.45) is 5.92. The van der Waals surface area contributed by atoms with E-state index in [1.165, 1.54) is 6.42 Å². The number of fused-ring (bicyclic) bond motifs is 2. The van der Waals surface area contributed by atoms with Gasteiger partial charge in [-0.1, -0.05) is 37.5 Å². The summed E-state index contributed by atoms with van der Waals surface area (Å²) >= 11 is 1.66. The van der Waals surface area contributed by atoms with E-state index < -0.39 is 0 Å². The molecule has 0 bridgehead atoms. The molecular formula is C24H26N2O4S. The maximum Gasteiger partial charge on any atom is 0.240 e. The average Bonchev–Trinajstić information content (AvgIpc) is 3.21. The van der Waals surface area contributed by atoms with Crippen LogP contribution in [-0.2, 0) is 9.59 Å². The highest BCUT2D eigenvalue weighted by Crippen LogP contribution is 2.47. The summed E-state index contributed by atoms with van der Waals surface area (Å²) in [6, 6.07) is 13.9. The lowest BCUT2D eigenvalue weighted by molar-refractivity contribution is -0.124. The van der Waals surface area contributed by atoms with Gasteiger partial charge in [-0.05, 0) is 42.7 Å². The molecule has 6 nitrogen and oxygen atoms in total. The molecule has 2 aromatic carbocycles. The molecule has 2 aliphatic heterocycles. The van der Waals surface area contributed by atoms with Gasteiger partial charge in [0.15, 0.2) is 11.5 Å². The summed E-state index contributed by atoms with van der Waals surface area (Å²) in [4.78, 5) is 28.7. The lowest BCUT2D eigenvalue weighted by atomic mass is 9.95. The van der Waals surface area contributed by atoms with E-state index in [0.717, 1.165) is 47.6 Å². The standard InChI is InChI=1S/C24H26N2O4S/c27-23(25-17-6-2-1-3-7-17)14-26-18-8-4-5-9-21(18)31-22(13-24(26)28)16-10-11-19-20(12-16)30-15-29-19/h4-5,8-12,17,22H,1-3,6-7,13-15H2,(H,25,27). The van der Waals surface area contributed by atoms with Crippen LogP contribution < -0.4 is 19.7 Å². The zero-order chi connectivity index (χ0) is 21.2. The number of nitrogens with zero attached hydrogens (tertiary/aromatic N) is 1. The minimum Gasteiger partial charge on any atom is -0.454 e. The molecule has 1 unspecified atom stereocenters. The molecule has 1 aliphatic carbocycles. The van der Waals surface area contributed by atoms with Crippen LogP contribution in [0.3, 0.4) is 0 Å². The minimum absolute atomic E-state index is 0.0427. The van der Waals surface area contributed by atoms with Gasteiger partial charge in [0.1, 0.15) is 6.54 Å². The van der Waals surface area contributed by atoms with Gasteiger partial charge in [-0.2, -0.15) is 0 Å². The number of anilines is 1. The summed E-state index contributed by atoms with van der Waals surface area (Å²) in [5.74, 6) is 1.32. The fourth-order valence-electron chi connectivity index (χ4n) is 4.51. The second kappa shape index (κ2) is 8.83. The molecule has 0 spiro atoms. The van der Waals surface area contributed by atoms with Gasteiger partial charge in [0.05, 0.1) is 5.69 Å². The predicted molar refractivity (Wildman–Crippen MR) is 120 cm³/mol. The predicted octanol–water partition coefficient (Wildman–Crippen LogP) is 4.43. The van der Waals surface area contributed by atoms with Crippen molar-refractivity contribution < 1.29 is 19.1 Å². The Morgan fingerprint density at radius 2 is 1.87 bits per heavy atom. The van der Waals surface area contributed by atoms with E-state index in [4.69, 9.17) is 9.47 Å². The maximum atomic E-state index is 13.3. The van der Waals surface area contributed by atoms with Crippen molar-refractivity contribution in [1.82, 2.24) is 5.32 Å². The van der Waals surface area contributed by atoms with Gasteiger partial charge in [0.25, 0.3) is 0 Å². The molecular weight excluding hydrogens is 412 g/mol. The second-order valence-corrected chi connectivity index (χ2v) is 9.52. The van der Waals surface area contributed by atoms with Gasteiger partial charge in [-0.25, -0.2) is 0 Å². The molecule has 1 atom stereocenters. The Hall–Kier alpha value is -2.67. The Morgan fingerprint density at radius 3 is 2.74 bits per heavy atom. The number of hydrogen-bond donors (Lipinski definition) is 1. The van der Waals surface area contributed by atoms with Crippen LogP contribution in [0.2, 0.25) is 0 Å². The van der Waals surface area contributed by atoms with Gasteiger partial charge in [-0.3, -0.25) is 9.59 Å². The number of nitrogens with one attached hydrogen (secondary N) is 1. The fraction of sp³-hybridized carbons (Fsp3) is 0.417. The molecule has 7 heteroatoms. The Kier molecular flexibility index (Phi) is 5.76. The third-order valence-electron chi connectivity index (χ3n) is 6.13. The van der Waals surface area contributed by atoms with E-state index in [2.05, 4.69) is 5.32 Å². The third-order valence-corrected chi connectivity index (χ3v) is 7.45. The number of thioether (sulfide) groups is 1. The normalized spacial score (nSPS) is 20.8. The van der Waals surface area contributed by atoms with E-state index in [9.17, 15) is 9.59 Å². The molecule has 31 heavy (non-hydrogen) atoms. The van der Waals surface area contributed by atoms with Gasteiger partial charge >= 0.3 is 0 Å². The molecule has 5 rings (SSSR count). The lowest BCUT2D eigenvalue weighted by Crippen LogP contribution is -2.45. The smallest absolute Gasteiger partial charge is 0.240 e. The minimum atomic E-state index is -0.0819. The first kappa shape index (κ1) is 20.2. The van der Waals surface area contributed by atoms with E-state index in [1.54, 1.807) is 16.7 Å². The molecule has 2 heterocycles. The number of hydrogen-bond acceptors (Lipinski definition) is 5. The first-order valence-electron chi connectivity index (χ1n) is 10.9. The van der Waals surface area contributed by atoms with Gasteiger partial charge in [-0.15, -0.1) is 11.8 Å². The highest BCUT2D eigenvalue weighted by Gasteiger charge is 2.31. The summed E-state index contributed by atoms with van der Waals surface area (Å²) in [7, 11) is 0. The first-order valence-corrected chi connectivity index (χ1v) is 11.8. The lowest BCUT2D eigenvalue weighted by Gasteiger charge is -2.26. The van der Waals surface area contributed by atoms with Crippen molar-refractivity contribution >= 4 is 29.3 Å². The fourth-order valence-corrected chi connectivity index (χ4v) is 5.79. The van der Waals surface area contributed by atoms with Crippen LogP contribution in [-0.4, -0.2) is 31.2 Å². The number of benzene rings is 2. The Bertz CT molecular complexity index is 989. The Labute approximate surface area is 186 Å². The molecule has 0 saturated heterocycles. The largest absolute Gasteiger partial charge is 0.454 e. The molecule has 1 saturated carbocycles. The highest BCUT2D eigenvalue weighted by molar-refractivity contribution is 7.99. The number of ether oxygens (including phenoxy) is 2. The number of rotatable bonds is 4. The van der Waals surface area contributed by atoms with Gasteiger partial charge in [0.2, 0.25) is 18.6 Å². The van der Waals surface area contributed by atoms with Crippen molar-refractivity contribution in [2.45, 2.75) is 54.7 Å². The summed E-state index contributed by atoms with van der Waals surface area (Å²) in [5.41, 5.74) is 1.82. The van der Waals surface area contributed by atoms with Crippen molar-refractivity contribution in [3.8, 4) is 11.5 Å². The van der Waals surface area contributed by atoms with E-state index in [1.807, 2.05) is 42.5 Å². The number of para-hydroxylation sites is 1. The molecule has 0 aromatic heterocycles. The molecule has 1 fully saturated rings. The number of carbonyl (C=O) groups is 2. The Balaban J connectivity index is 1.37. The van der Waals surface area contributed by atoms with Crippen molar-refractivity contribution in [3.05, 3.63) is 48.0 Å². The summed E-state index contributed by atoms with van der Waals surface area (Å²) in [5, 5.41) is 3.08. The van der Waals surface area contributed by atoms with Crippen LogP contribution in [0.25, 0.3) is 0 Å². The van der Waals surface area contributed by atoms with Crippen LogP contribution in [0, 0.1) is 0 Å². The highest BCUT2D eigenvalue weighted by atomic mass is 32.2. The van der Waals surface area contributed by atoms with Crippen molar-refractivity contribution in [2.75, 3.05) is 18.2 Å². The molecule has 0 radical (unpaired) electrons. The Morgan fingerprint density at radius 1 is 1.06 bits per heavy atom. The maximum absolute atomic E-state index is 13.3. The third kappa shape index (κ3) is 4.37. The van der Waals surface area contributed by atoms with Crippen LogP contribution in [0.15, 0.2) is 47.4 Å². The van der Waals surface area contributed by atoms with Crippen molar-refractivity contribution in [1.29, 1.82) is 0 Å². The van der Waals surface area contributed by atoms with Crippen LogP contribution >= 0.6 is 11.8 Å².